The first-order valence-electron chi connectivity index (χ1n) is 16.4. The molecule has 3 aromatic heterocycles. The number of benzene rings is 1. The molecular weight excluding hydrogens is 667 g/mol. The average Bonchev–Trinajstić information content (AvgIpc) is 3.72. The number of ether oxygens (including phenoxy) is 1. The summed E-state index contributed by atoms with van der Waals surface area (Å²) in [7, 11) is 0. The highest BCUT2D eigenvalue weighted by atomic mass is 32.2. The number of nitrogens with two attached hydrogens (primary N) is 1. The number of anilines is 1. The molecular formula is C34H40F2N10O3S. The Morgan fingerprint density at radius 1 is 1.20 bits per heavy atom. The number of aromatic nitrogens is 5. The maximum atomic E-state index is 13.6. The Bertz CT molecular complexity index is 1890. The van der Waals surface area contributed by atoms with E-state index in [2.05, 4.69) is 36.9 Å². The van der Waals surface area contributed by atoms with Crippen LogP contribution >= 0.6 is 11.8 Å². The van der Waals surface area contributed by atoms with Crippen LogP contribution in [-0.2, 0) is 11.3 Å². The molecule has 50 heavy (non-hydrogen) atoms. The van der Waals surface area contributed by atoms with Crippen LogP contribution in [0.25, 0.3) is 16.9 Å². The van der Waals surface area contributed by atoms with E-state index in [9.17, 15) is 18.4 Å². The molecule has 0 aliphatic carbocycles. The number of piperidine rings is 1. The minimum absolute atomic E-state index is 0.110. The fraction of sp³-hybridized carbons (Fsp3) is 0.382. The van der Waals surface area contributed by atoms with Crippen LogP contribution in [-0.4, -0.2) is 102 Å². The lowest BCUT2D eigenvalue weighted by molar-refractivity contribution is -0.133. The number of amides is 2. The lowest BCUT2D eigenvalue weighted by Crippen LogP contribution is -2.52. The molecule has 3 N–H and O–H groups in total. The highest BCUT2D eigenvalue weighted by Crippen LogP contribution is 2.39. The number of fused-ring (bicyclic) bond motifs is 1. The molecule has 2 aliphatic heterocycles. The number of hydrogen-bond donors (Lipinski definition) is 2. The van der Waals surface area contributed by atoms with Gasteiger partial charge < -0.3 is 25.6 Å². The molecule has 2 saturated heterocycles. The van der Waals surface area contributed by atoms with Gasteiger partial charge in [-0.3, -0.25) is 19.2 Å². The zero-order valence-corrected chi connectivity index (χ0v) is 28.7. The van der Waals surface area contributed by atoms with Crippen LogP contribution in [0.15, 0.2) is 78.6 Å². The lowest BCUT2D eigenvalue weighted by atomic mass is 10.0. The maximum absolute atomic E-state index is 13.6. The van der Waals surface area contributed by atoms with Crippen molar-refractivity contribution in [3.05, 3.63) is 79.3 Å². The zero-order valence-electron chi connectivity index (χ0n) is 27.9. The van der Waals surface area contributed by atoms with Gasteiger partial charge in [0.15, 0.2) is 5.65 Å². The molecule has 2 fully saturated rings. The Balaban J connectivity index is 1.24. The third-order valence-corrected chi connectivity index (χ3v) is 9.73. The smallest absolute Gasteiger partial charge is 0.387 e. The average molecular weight is 707 g/mol. The monoisotopic (exact) mass is 706 g/mol. The zero-order chi connectivity index (χ0) is 35.4. The van der Waals surface area contributed by atoms with Gasteiger partial charge in [0.1, 0.15) is 23.6 Å². The Hall–Kier alpha value is -4.96. The van der Waals surface area contributed by atoms with E-state index < -0.39 is 12.5 Å². The molecule has 16 heteroatoms. The normalized spacial score (nSPS) is 16.9. The van der Waals surface area contributed by atoms with E-state index in [-0.39, 0.29) is 46.0 Å². The topological polar surface area (TPSA) is 139 Å². The fourth-order valence-corrected chi connectivity index (χ4v) is 7.23. The van der Waals surface area contributed by atoms with Crippen LogP contribution in [0, 0.1) is 0 Å². The third kappa shape index (κ3) is 7.75. The van der Waals surface area contributed by atoms with Crippen molar-refractivity contribution in [1.29, 1.82) is 0 Å². The van der Waals surface area contributed by atoms with E-state index in [0.717, 1.165) is 43.1 Å². The summed E-state index contributed by atoms with van der Waals surface area (Å²) in [5.41, 5.74) is 8.06. The number of carbonyl (C=O) groups is 2. The molecule has 0 saturated carbocycles. The molecule has 6 rings (SSSR count). The molecule has 5 heterocycles. The number of piperazine rings is 1. The molecule has 2 aliphatic rings. The van der Waals surface area contributed by atoms with E-state index in [1.54, 1.807) is 43.0 Å². The van der Waals surface area contributed by atoms with Gasteiger partial charge in [-0.05, 0) is 43.3 Å². The summed E-state index contributed by atoms with van der Waals surface area (Å²) in [6.45, 7) is 8.27. The number of halogens is 2. The second kappa shape index (κ2) is 15.3. The van der Waals surface area contributed by atoms with Crippen LogP contribution in [0.2, 0.25) is 0 Å². The van der Waals surface area contributed by atoms with Crippen molar-refractivity contribution in [1.82, 2.24) is 39.1 Å². The summed E-state index contributed by atoms with van der Waals surface area (Å²) in [6, 6.07) is 6.87. The number of nitrogens with zero attached hydrogens (tertiary/aromatic N) is 8. The fourth-order valence-electron chi connectivity index (χ4n) is 6.35. The van der Waals surface area contributed by atoms with Gasteiger partial charge in [0, 0.05) is 85.0 Å². The molecule has 0 unspecified atom stereocenters. The van der Waals surface area contributed by atoms with Crippen LogP contribution in [0.4, 0.5) is 14.5 Å². The van der Waals surface area contributed by atoms with Crippen LogP contribution in [0.5, 0.6) is 5.75 Å². The summed E-state index contributed by atoms with van der Waals surface area (Å²) in [6.07, 6.45) is 11.2. The van der Waals surface area contributed by atoms with Gasteiger partial charge in [0.25, 0.3) is 5.91 Å². The van der Waals surface area contributed by atoms with Crippen molar-refractivity contribution in [3.8, 4) is 17.0 Å². The second-order valence-corrected chi connectivity index (χ2v) is 14.0. The minimum atomic E-state index is -3.09. The van der Waals surface area contributed by atoms with E-state index >= 15 is 0 Å². The first-order chi connectivity index (χ1) is 24.1. The predicted molar refractivity (Wildman–Crippen MR) is 187 cm³/mol. The van der Waals surface area contributed by atoms with Gasteiger partial charge >= 0.3 is 6.61 Å². The summed E-state index contributed by atoms with van der Waals surface area (Å²) in [4.78, 5) is 38.5. The molecule has 0 atom stereocenters. The molecule has 13 nitrogen and oxygen atoms in total. The SMILES string of the molecule is C=CN1CCN(C2CCN(C(=O)Cn3cc(NC(=O)c4cnn5cccnc45)c(-c4cc(SC(C)C)ccc4OC(F)F)n3)CC2)C/C1=C/N. The minimum Gasteiger partial charge on any atom is -0.434 e. The number of thioether (sulfide) groups is 1. The van der Waals surface area contributed by atoms with Gasteiger partial charge in [0.2, 0.25) is 5.91 Å². The van der Waals surface area contributed by atoms with Crippen molar-refractivity contribution in [2.45, 2.75) is 56.0 Å². The van der Waals surface area contributed by atoms with Gasteiger partial charge in [-0.25, -0.2) is 9.50 Å². The number of likely N-dealkylation sites (tertiary alicyclic amines) is 1. The molecule has 264 valence electrons. The second-order valence-electron chi connectivity index (χ2n) is 12.3. The van der Waals surface area contributed by atoms with Crippen molar-refractivity contribution >= 4 is 34.9 Å². The van der Waals surface area contributed by atoms with Crippen molar-refractivity contribution in [3.63, 3.8) is 0 Å². The number of hydrogen-bond acceptors (Lipinski definition) is 10. The Morgan fingerprint density at radius 2 is 2.00 bits per heavy atom. The number of carbonyl (C=O) groups excluding carboxylic acids is 2. The van der Waals surface area contributed by atoms with E-state index in [0.29, 0.717) is 24.8 Å². The van der Waals surface area contributed by atoms with Crippen molar-refractivity contribution in [2.75, 3.05) is 38.0 Å². The largest absolute Gasteiger partial charge is 0.434 e. The van der Waals surface area contributed by atoms with E-state index in [1.807, 2.05) is 18.7 Å². The van der Waals surface area contributed by atoms with Gasteiger partial charge in [-0.1, -0.05) is 20.4 Å². The number of nitrogens with one attached hydrogen (secondary N) is 1. The first-order valence-corrected chi connectivity index (χ1v) is 17.3. The van der Waals surface area contributed by atoms with Crippen LogP contribution in [0.1, 0.15) is 37.0 Å². The molecule has 4 aromatic rings. The summed E-state index contributed by atoms with van der Waals surface area (Å²) < 4.78 is 34.9. The number of rotatable bonds is 11. The van der Waals surface area contributed by atoms with E-state index in [4.69, 9.17) is 10.5 Å². The predicted octanol–water partition coefficient (Wildman–Crippen LogP) is 4.50. The maximum Gasteiger partial charge on any atom is 0.387 e. The van der Waals surface area contributed by atoms with Crippen molar-refractivity contribution in [2.24, 2.45) is 5.73 Å². The molecule has 0 radical (unpaired) electrons. The molecule has 0 bridgehead atoms. The Labute approximate surface area is 292 Å². The van der Waals surface area contributed by atoms with Gasteiger partial charge in [-0.2, -0.15) is 19.0 Å². The lowest BCUT2D eigenvalue weighted by Gasteiger charge is -2.43. The number of alkyl halides is 2. The van der Waals surface area contributed by atoms with Crippen LogP contribution < -0.4 is 15.8 Å². The van der Waals surface area contributed by atoms with E-state index in [1.165, 1.54) is 39.4 Å². The highest BCUT2D eigenvalue weighted by Gasteiger charge is 2.31. The van der Waals surface area contributed by atoms with Crippen LogP contribution in [0.3, 0.4) is 0 Å². The standard InChI is InChI=1S/C34H40F2N10O3S/c1-4-42-14-15-44(19-24(42)17-37)23-8-12-43(13-9-23)30(47)21-45-20-28(40-33(48)27-18-39-46-11-5-10-38-32(27)46)31(41-45)26-16-25(50-22(2)3)6-7-29(26)49-34(35)36/h4-7,10-11,16-18,20,22-23,34H,1,8-9,12-15,19,21,37H2,2-3H3,(H,40,48)/b24-17-. The van der Waals surface area contributed by atoms with Gasteiger partial charge in [-0.15, -0.1) is 11.8 Å². The van der Waals surface area contributed by atoms with Crippen molar-refractivity contribution < 1.29 is 23.1 Å². The van der Waals surface area contributed by atoms with Gasteiger partial charge in [0.05, 0.1) is 11.9 Å². The quantitative estimate of drug-likeness (QED) is 0.215. The summed E-state index contributed by atoms with van der Waals surface area (Å²) in [5, 5.41) is 11.9. The summed E-state index contributed by atoms with van der Waals surface area (Å²) in [5.74, 6) is -0.783. The first kappa shape index (κ1) is 34.9. The third-order valence-electron chi connectivity index (χ3n) is 8.73. The molecule has 1 aromatic carbocycles. The Morgan fingerprint density at radius 3 is 2.72 bits per heavy atom. The summed E-state index contributed by atoms with van der Waals surface area (Å²) >= 11 is 1.54. The molecule has 2 amide bonds. The Kier molecular flexibility index (Phi) is 10.7. The molecule has 0 spiro atoms. The highest BCUT2D eigenvalue weighted by molar-refractivity contribution is 7.99.